The molecule has 0 amide bonds. The SMILES string of the molecule is CN=CC[C@@H](C(=O)O)C(C)(C)C. The molecule has 0 rings (SSSR count). The van der Waals surface area contributed by atoms with Crippen LogP contribution in [0.2, 0.25) is 0 Å². The molecule has 0 saturated carbocycles. The molecule has 0 unspecified atom stereocenters. The molecule has 0 aliphatic heterocycles. The smallest absolute Gasteiger partial charge is 0.307 e. The maximum atomic E-state index is 10.8. The zero-order valence-corrected chi connectivity index (χ0v) is 8.16. The summed E-state index contributed by atoms with van der Waals surface area (Å²) in [5, 5.41) is 8.87. The van der Waals surface area contributed by atoms with Gasteiger partial charge in [0, 0.05) is 7.05 Å². The molecule has 70 valence electrons. The Morgan fingerprint density at radius 3 is 2.33 bits per heavy atom. The number of aliphatic carboxylic acids is 1. The molecule has 0 heterocycles. The Bertz CT molecular complexity index is 179. The Balaban J connectivity index is 4.35. The van der Waals surface area contributed by atoms with Gasteiger partial charge in [-0.3, -0.25) is 4.79 Å². The summed E-state index contributed by atoms with van der Waals surface area (Å²) >= 11 is 0. The van der Waals surface area contributed by atoms with Crippen molar-refractivity contribution >= 4 is 12.2 Å². The third-order valence-electron chi connectivity index (χ3n) is 1.87. The molecule has 0 radical (unpaired) electrons. The number of hydrogen-bond donors (Lipinski definition) is 1. The van der Waals surface area contributed by atoms with Crippen molar-refractivity contribution in [3.8, 4) is 0 Å². The second kappa shape index (κ2) is 4.24. The first-order valence-electron chi connectivity index (χ1n) is 4.03. The molecule has 0 aliphatic carbocycles. The lowest BCUT2D eigenvalue weighted by Gasteiger charge is -2.25. The van der Waals surface area contributed by atoms with Crippen LogP contribution < -0.4 is 0 Å². The van der Waals surface area contributed by atoms with E-state index in [0.29, 0.717) is 6.42 Å². The zero-order chi connectivity index (χ0) is 9.78. The van der Waals surface area contributed by atoms with E-state index >= 15 is 0 Å². The number of aliphatic imine (C=N–C) groups is 1. The Kier molecular flexibility index (Phi) is 3.93. The highest BCUT2D eigenvalue weighted by Crippen LogP contribution is 2.28. The van der Waals surface area contributed by atoms with Gasteiger partial charge in [0.05, 0.1) is 5.92 Å². The van der Waals surface area contributed by atoms with E-state index in [0.717, 1.165) is 0 Å². The quantitative estimate of drug-likeness (QED) is 0.658. The number of carboxylic acids is 1. The van der Waals surface area contributed by atoms with E-state index in [1.54, 1.807) is 13.3 Å². The fourth-order valence-electron chi connectivity index (χ4n) is 1.04. The van der Waals surface area contributed by atoms with Gasteiger partial charge in [0.2, 0.25) is 0 Å². The summed E-state index contributed by atoms with van der Waals surface area (Å²) < 4.78 is 0. The molecule has 0 aromatic carbocycles. The second-order valence-electron chi connectivity index (χ2n) is 3.93. The van der Waals surface area contributed by atoms with Crippen molar-refractivity contribution in [2.45, 2.75) is 27.2 Å². The largest absolute Gasteiger partial charge is 0.481 e. The first-order chi connectivity index (χ1) is 5.39. The Labute approximate surface area is 73.5 Å². The van der Waals surface area contributed by atoms with Gasteiger partial charge < -0.3 is 10.1 Å². The van der Waals surface area contributed by atoms with Crippen molar-refractivity contribution in [1.29, 1.82) is 0 Å². The molecule has 0 fully saturated rings. The summed E-state index contributed by atoms with van der Waals surface area (Å²) in [5.41, 5.74) is -0.201. The third-order valence-corrected chi connectivity index (χ3v) is 1.87. The average Bonchev–Trinajstić information content (AvgIpc) is 1.84. The molecule has 3 nitrogen and oxygen atoms in total. The molecule has 0 aliphatic rings. The highest BCUT2D eigenvalue weighted by Gasteiger charge is 2.29. The van der Waals surface area contributed by atoms with E-state index < -0.39 is 5.97 Å². The van der Waals surface area contributed by atoms with Crippen LogP contribution in [0.15, 0.2) is 4.99 Å². The van der Waals surface area contributed by atoms with E-state index in [9.17, 15) is 4.79 Å². The number of carbonyl (C=O) groups is 1. The first-order valence-corrected chi connectivity index (χ1v) is 4.03. The van der Waals surface area contributed by atoms with Gasteiger partial charge in [-0.25, -0.2) is 0 Å². The Morgan fingerprint density at radius 2 is 2.08 bits per heavy atom. The van der Waals surface area contributed by atoms with Gasteiger partial charge in [-0.05, 0) is 18.1 Å². The Hall–Kier alpha value is -0.860. The van der Waals surface area contributed by atoms with E-state index in [2.05, 4.69) is 4.99 Å². The van der Waals surface area contributed by atoms with Crippen LogP contribution in [0.3, 0.4) is 0 Å². The average molecular weight is 171 g/mol. The van der Waals surface area contributed by atoms with E-state index in [4.69, 9.17) is 5.11 Å². The molecule has 0 spiro atoms. The Morgan fingerprint density at radius 1 is 1.58 bits per heavy atom. The minimum Gasteiger partial charge on any atom is -0.481 e. The molecule has 1 N–H and O–H groups in total. The van der Waals surface area contributed by atoms with Crippen LogP contribution in [0.4, 0.5) is 0 Å². The molecule has 0 aromatic heterocycles. The van der Waals surface area contributed by atoms with E-state index in [-0.39, 0.29) is 11.3 Å². The van der Waals surface area contributed by atoms with Crippen LogP contribution in [0.5, 0.6) is 0 Å². The molecule has 0 bridgehead atoms. The predicted molar refractivity (Wildman–Crippen MR) is 49.6 cm³/mol. The van der Waals surface area contributed by atoms with Crippen molar-refractivity contribution in [2.24, 2.45) is 16.3 Å². The van der Waals surface area contributed by atoms with Gasteiger partial charge in [-0.2, -0.15) is 0 Å². The van der Waals surface area contributed by atoms with Gasteiger partial charge in [-0.1, -0.05) is 20.8 Å². The maximum absolute atomic E-state index is 10.8. The lowest BCUT2D eigenvalue weighted by molar-refractivity contribution is -0.145. The highest BCUT2D eigenvalue weighted by molar-refractivity contribution is 5.75. The van der Waals surface area contributed by atoms with E-state index in [1.807, 2.05) is 20.8 Å². The summed E-state index contributed by atoms with van der Waals surface area (Å²) in [6, 6.07) is 0. The monoisotopic (exact) mass is 171 g/mol. The summed E-state index contributed by atoms with van der Waals surface area (Å²) in [4.78, 5) is 14.6. The number of rotatable bonds is 3. The van der Waals surface area contributed by atoms with Crippen LogP contribution in [-0.4, -0.2) is 24.3 Å². The minimum absolute atomic E-state index is 0.201. The minimum atomic E-state index is -0.748. The molecule has 3 heteroatoms. The van der Waals surface area contributed by atoms with Crippen LogP contribution in [0.25, 0.3) is 0 Å². The summed E-state index contributed by atoms with van der Waals surface area (Å²) in [6.07, 6.45) is 2.17. The second-order valence-corrected chi connectivity index (χ2v) is 3.93. The van der Waals surface area contributed by atoms with Gasteiger partial charge >= 0.3 is 5.97 Å². The van der Waals surface area contributed by atoms with Crippen LogP contribution in [-0.2, 0) is 4.79 Å². The summed E-state index contributed by atoms with van der Waals surface area (Å²) in [5.74, 6) is -1.09. The molecule has 0 saturated heterocycles. The molecule has 1 atom stereocenters. The maximum Gasteiger partial charge on any atom is 0.307 e. The van der Waals surface area contributed by atoms with Gasteiger partial charge in [0.1, 0.15) is 0 Å². The van der Waals surface area contributed by atoms with Crippen molar-refractivity contribution in [1.82, 2.24) is 0 Å². The van der Waals surface area contributed by atoms with E-state index in [1.165, 1.54) is 0 Å². The van der Waals surface area contributed by atoms with Gasteiger partial charge in [0.25, 0.3) is 0 Å². The third kappa shape index (κ3) is 3.51. The molecule has 0 aromatic rings. The standard InChI is InChI=1S/C9H17NO2/c1-9(2,3)7(8(11)12)5-6-10-4/h6-7H,5H2,1-4H3,(H,11,12)/t7-/m0/s1. The summed E-state index contributed by atoms with van der Waals surface area (Å²) in [6.45, 7) is 5.78. The molecule has 12 heavy (non-hydrogen) atoms. The lowest BCUT2D eigenvalue weighted by atomic mass is 9.79. The number of carboxylic acid groups (broad SMARTS) is 1. The first kappa shape index (κ1) is 11.1. The lowest BCUT2D eigenvalue weighted by Crippen LogP contribution is -2.28. The van der Waals surface area contributed by atoms with Crippen LogP contribution >= 0.6 is 0 Å². The fourth-order valence-corrected chi connectivity index (χ4v) is 1.04. The fraction of sp³-hybridized carbons (Fsp3) is 0.778. The van der Waals surface area contributed by atoms with Gasteiger partial charge in [-0.15, -0.1) is 0 Å². The number of hydrogen-bond acceptors (Lipinski definition) is 2. The topological polar surface area (TPSA) is 49.7 Å². The van der Waals surface area contributed by atoms with Crippen molar-refractivity contribution in [2.75, 3.05) is 7.05 Å². The van der Waals surface area contributed by atoms with Gasteiger partial charge in [0.15, 0.2) is 0 Å². The highest BCUT2D eigenvalue weighted by atomic mass is 16.4. The zero-order valence-electron chi connectivity index (χ0n) is 8.16. The van der Waals surface area contributed by atoms with Crippen molar-refractivity contribution in [3.63, 3.8) is 0 Å². The number of nitrogens with zero attached hydrogens (tertiary/aromatic N) is 1. The van der Waals surface area contributed by atoms with Crippen LogP contribution in [0, 0.1) is 11.3 Å². The van der Waals surface area contributed by atoms with Crippen molar-refractivity contribution in [3.05, 3.63) is 0 Å². The molecular weight excluding hydrogens is 154 g/mol. The van der Waals surface area contributed by atoms with Crippen molar-refractivity contribution < 1.29 is 9.90 Å². The normalized spacial score (nSPS) is 15.0. The predicted octanol–water partition coefficient (Wildman–Crippen LogP) is 1.82. The summed E-state index contributed by atoms with van der Waals surface area (Å²) in [7, 11) is 1.65. The van der Waals surface area contributed by atoms with Crippen LogP contribution in [0.1, 0.15) is 27.2 Å². The molecular formula is C9H17NO2.